The molecule has 0 aliphatic heterocycles. The number of rotatable bonds is 8. The van der Waals surface area contributed by atoms with Crippen molar-refractivity contribution in [3.8, 4) is 0 Å². The normalized spacial score (nSPS) is 11.3. The molecule has 0 spiro atoms. The standard InChI is InChI=1S/C24H29N5O4S/c1-5-29(6-2)34(32,33)20-15-22(28(4)16-20)23(30)27-21-14-19(13-12-17(21)3)26-24(31)25-18-10-8-7-9-11-18/h7-16H,5-6H2,1-4H3,(H,27,30)(H2,25,26,31). The van der Waals surface area contributed by atoms with Crippen LogP contribution < -0.4 is 16.0 Å². The maximum atomic E-state index is 13.0. The van der Waals surface area contributed by atoms with Crippen molar-refractivity contribution in [3.05, 3.63) is 72.1 Å². The lowest BCUT2D eigenvalue weighted by Crippen LogP contribution is -2.30. The number of hydrogen-bond donors (Lipinski definition) is 3. The summed E-state index contributed by atoms with van der Waals surface area (Å²) < 4.78 is 28.4. The second-order valence-electron chi connectivity index (χ2n) is 7.69. The van der Waals surface area contributed by atoms with Gasteiger partial charge in [0.2, 0.25) is 10.0 Å². The first-order chi connectivity index (χ1) is 16.1. The molecule has 0 bridgehead atoms. The predicted molar refractivity (Wildman–Crippen MR) is 134 cm³/mol. The summed E-state index contributed by atoms with van der Waals surface area (Å²) in [6, 6.07) is 15.1. The van der Waals surface area contributed by atoms with E-state index in [1.54, 1.807) is 51.2 Å². The highest BCUT2D eigenvalue weighted by Crippen LogP contribution is 2.23. The van der Waals surface area contributed by atoms with Gasteiger partial charge in [0.1, 0.15) is 10.6 Å². The molecule has 1 heterocycles. The monoisotopic (exact) mass is 483 g/mol. The molecule has 0 radical (unpaired) electrons. The molecule has 180 valence electrons. The summed E-state index contributed by atoms with van der Waals surface area (Å²) in [5, 5.41) is 8.29. The Hall–Kier alpha value is -3.63. The number of amides is 3. The van der Waals surface area contributed by atoms with E-state index in [-0.39, 0.29) is 10.6 Å². The van der Waals surface area contributed by atoms with Gasteiger partial charge in [-0.05, 0) is 42.8 Å². The van der Waals surface area contributed by atoms with Crippen LogP contribution in [0.15, 0.2) is 65.7 Å². The molecular weight excluding hydrogens is 454 g/mol. The second-order valence-corrected chi connectivity index (χ2v) is 9.63. The van der Waals surface area contributed by atoms with Gasteiger partial charge >= 0.3 is 6.03 Å². The molecule has 0 aliphatic carbocycles. The van der Waals surface area contributed by atoms with E-state index >= 15 is 0 Å². The third-order valence-corrected chi connectivity index (χ3v) is 7.35. The van der Waals surface area contributed by atoms with Gasteiger partial charge in [0, 0.05) is 43.4 Å². The van der Waals surface area contributed by atoms with E-state index in [1.165, 1.54) is 21.1 Å². The first-order valence-electron chi connectivity index (χ1n) is 10.9. The van der Waals surface area contributed by atoms with Crippen LogP contribution in [0.3, 0.4) is 0 Å². The molecule has 34 heavy (non-hydrogen) atoms. The fourth-order valence-electron chi connectivity index (χ4n) is 3.45. The minimum Gasteiger partial charge on any atom is -0.345 e. The van der Waals surface area contributed by atoms with Crippen molar-refractivity contribution in [1.82, 2.24) is 8.87 Å². The number of para-hydroxylation sites is 1. The Morgan fingerprint density at radius 2 is 1.56 bits per heavy atom. The summed E-state index contributed by atoms with van der Waals surface area (Å²) in [5.41, 5.74) is 2.63. The Morgan fingerprint density at radius 3 is 2.21 bits per heavy atom. The number of sulfonamides is 1. The van der Waals surface area contributed by atoms with Gasteiger partial charge in [-0.25, -0.2) is 13.2 Å². The highest BCUT2D eigenvalue weighted by atomic mass is 32.2. The summed E-state index contributed by atoms with van der Waals surface area (Å²) in [7, 11) is -2.07. The maximum Gasteiger partial charge on any atom is 0.323 e. The Morgan fingerprint density at radius 1 is 0.912 bits per heavy atom. The number of carbonyl (C=O) groups is 2. The smallest absolute Gasteiger partial charge is 0.323 e. The van der Waals surface area contributed by atoms with Crippen molar-refractivity contribution in [2.45, 2.75) is 25.7 Å². The summed E-state index contributed by atoms with van der Waals surface area (Å²) in [4.78, 5) is 25.3. The first-order valence-corrected chi connectivity index (χ1v) is 12.3. The number of nitrogens with zero attached hydrogens (tertiary/aromatic N) is 2. The van der Waals surface area contributed by atoms with Gasteiger partial charge in [-0.2, -0.15) is 4.31 Å². The van der Waals surface area contributed by atoms with Gasteiger partial charge < -0.3 is 20.5 Å². The van der Waals surface area contributed by atoms with E-state index in [0.29, 0.717) is 30.2 Å². The quantitative estimate of drug-likeness (QED) is 0.444. The SMILES string of the molecule is CCN(CC)S(=O)(=O)c1cc(C(=O)Nc2cc(NC(=O)Nc3ccccc3)ccc2C)n(C)c1. The van der Waals surface area contributed by atoms with Crippen molar-refractivity contribution in [2.24, 2.45) is 7.05 Å². The van der Waals surface area contributed by atoms with E-state index in [0.717, 1.165) is 5.56 Å². The molecule has 3 aromatic rings. The summed E-state index contributed by atoms with van der Waals surface area (Å²) >= 11 is 0. The number of aryl methyl sites for hydroxylation is 2. The third kappa shape index (κ3) is 5.64. The van der Waals surface area contributed by atoms with Crippen molar-refractivity contribution in [2.75, 3.05) is 29.0 Å². The molecule has 1 aromatic heterocycles. The molecule has 0 saturated heterocycles. The van der Waals surface area contributed by atoms with Gasteiger partial charge in [0.25, 0.3) is 5.91 Å². The maximum absolute atomic E-state index is 13.0. The van der Waals surface area contributed by atoms with E-state index < -0.39 is 22.0 Å². The predicted octanol–water partition coefficient (Wildman–Crippen LogP) is 4.26. The van der Waals surface area contributed by atoms with Crippen LogP contribution in [0.25, 0.3) is 0 Å². The van der Waals surface area contributed by atoms with Crippen LogP contribution in [0, 0.1) is 6.92 Å². The van der Waals surface area contributed by atoms with Crippen LogP contribution in [0.2, 0.25) is 0 Å². The van der Waals surface area contributed by atoms with Crippen LogP contribution >= 0.6 is 0 Å². The van der Waals surface area contributed by atoms with Crippen molar-refractivity contribution < 1.29 is 18.0 Å². The number of carbonyl (C=O) groups excluding carboxylic acids is 2. The van der Waals surface area contributed by atoms with Gasteiger partial charge in [0.05, 0.1) is 0 Å². The van der Waals surface area contributed by atoms with Gasteiger partial charge in [-0.1, -0.05) is 38.1 Å². The van der Waals surface area contributed by atoms with E-state index in [4.69, 9.17) is 0 Å². The Balaban J connectivity index is 1.76. The first kappa shape index (κ1) is 25.0. The van der Waals surface area contributed by atoms with Gasteiger partial charge in [0.15, 0.2) is 0 Å². The molecule has 3 N–H and O–H groups in total. The van der Waals surface area contributed by atoms with Gasteiger partial charge in [-0.15, -0.1) is 0 Å². The molecule has 2 aromatic carbocycles. The van der Waals surface area contributed by atoms with Crippen molar-refractivity contribution >= 4 is 39.0 Å². The molecule has 0 atom stereocenters. The minimum absolute atomic E-state index is 0.0635. The largest absolute Gasteiger partial charge is 0.345 e. The number of urea groups is 1. The van der Waals surface area contributed by atoms with Crippen LogP contribution in [-0.4, -0.2) is 42.3 Å². The zero-order valence-corrected chi connectivity index (χ0v) is 20.4. The fraction of sp³-hybridized carbons (Fsp3) is 0.250. The Kier molecular flexibility index (Phi) is 7.75. The third-order valence-electron chi connectivity index (χ3n) is 5.33. The lowest BCUT2D eigenvalue weighted by molar-refractivity contribution is 0.101. The molecular formula is C24H29N5O4S. The highest BCUT2D eigenvalue weighted by Gasteiger charge is 2.25. The zero-order valence-electron chi connectivity index (χ0n) is 19.6. The average Bonchev–Trinajstić information content (AvgIpc) is 3.20. The van der Waals surface area contributed by atoms with E-state index in [1.807, 2.05) is 25.1 Å². The summed E-state index contributed by atoms with van der Waals surface area (Å²) in [6.45, 7) is 6.03. The van der Waals surface area contributed by atoms with Crippen molar-refractivity contribution in [3.63, 3.8) is 0 Å². The van der Waals surface area contributed by atoms with Crippen LogP contribution in [0.5, 0.6) is 0 Å². The molecule has 0 aliphatic rings. The summed E-state index contributed by atoms with van der Waals surface area (Å²) in [6.07, 6.45) is 1.43. The molecule has 3 rings (SSSR count). The van der Waals surface area contributed by atoms with Crippen LogP contribution in [0.4, 0.5) is 21.9 Å². The number of anilines is 3. The number of aromatic nitrogens is 1. The molecule has 3 amide bonds. The highest BCUT2D eigenvalue weighted by molar-refractivity contribution is 7.89. The molecule has 10 heteroatoms. The zero-order chi connectivity index (χ0) is 24.9. The fourth-order valence-corrected chi connectivity index (χ4v) is 4.98. The second kappa shape index (κ2) is 10.5. The van der Waals surface area contributed by atoms with Crippen LogP contribution in [-0.2, 0) is 17.1 Å². The van der Waals surface area contributed by atoms with E-state index in [9.17, 15) is 18.0 Å². The van der Waals surface area contributed by atoms with Crippen LogP contribution in [0.1, 0.15) is 29.9 Å². The molecule has 0 fully saturated rings. The molecule has 0 unspecified atom stereocenters. The average molecular weight is 484 g/mol. The molecule has 9 nitrogen and oxygen atoms in total. The minimum atomic E-state index is -3.69. The molecule has 0 saturated carbocycles. The number of hydrogen-bond acceptors (Lipinski definition) is 4. The number of benzene rings is 2. The lowest BCUT2D eigenvalue weighted by Gasteiger charge is -2.17. The number of nitrogens with one attached hydrogen (secondary N) is 3. The van der Waals surface area contributed by atoms with Gasteiger partial charge in [-0.3, -0.25) is 4.79 Å². The van der Waals surface area contributed by atoms with E-state index in [2.05, 4.69) is 16.0 Å². The Labute approximate surface area is 199 Å². The van der Waals surface area contributed by atoms with Crippen molar-refractivity contribution in [1.29, 1.82) is 0 Å². The topological polar surface area (TPSA) is 113 Å². The summed E-state index contributed by atoms with van der Waals surface area (Å²) in [5.74, 6) is -0.461. The Bertz CT molecular complexity index is 1280. The lowest BCUT2D eigenvalue weighted by atomic mass is 10.1.